The molecule has 1 aliphatic rings. The smallest absolute Gasteiger partial charge is 0.255 e. The van der Waals surface area contributed by atoms with Crippen molar-refractivity contribution in [2.75, 3.05) is 24.4 Å². The second kappa shape index (κ2) is 9.18. The number of carbonyl (C=O) groups excluding carboxylic acids is 2. The zero-order valence-corrected chi connectivity index (χ0v) is 17.5. The van der Waals surface area contributed by atoms with Gasteiger partial charge in [-0.05, 0) is 55.2 Å². The molecule has 3 rings (SSSR count). The minimum atomic E-state index is -0.324. The topological polar surface area (TPSA) is 76.7 Å². The summed E-state index contributed by atoms with van der Waals surface area (Å²) in [7, 11) is 1.50. The Labute approximate surface area is 175 Å². The van der Waals surface area contributed by atoms with Gasteiger partial charge in [0.1, 0.15) is 0 Å². The molecule has 29 heavy (non-hydrogen) atoms. The number of nitrogens with one attached hydrogen (secondary N) is 2. The third-order valence-electron chi connectivity index (χ3n) is 4.41. The fraction of sp³-hybridized carbons (Fsp3) is 0.364. The minimum absolute atomic E-state index is 0.0447. The van der Waals surface area contributed by atoms with Gasteiger partial charge in [-0.2, -0.15) is 0 Å². The molecule has 0 aromatic heterocycles. The number of benzene rings is 2. The van der Waals surface area contributed by atoms with Crippen LogP contribution in [0.3, 0.4) is 0 Å². The molecule has 6 nitrogen and oxygen atoms in total. The van der Waals surface area contributed by atoms with Gasteiger partial charge in [0.25, 0.3) is 5.91 Å². The van der Waals surface area contributed by atoms with Crippen molar-refractivity contribution in [2.45, 2.75) is 26.7 Å². The quantitative estimate of drug-likeness (QED) is 0.636. The predicted octanol–water partition coefficient (Wildman–Crippen LogP) is 4.98. The van der Waals surface area contributed by atoms with Crippen LogP contribution in [-0.4, -0.2) is 25.5 Å². The SMILES string of the molecule is COc1cc(C(=O)Nc2ccc(NC(=O)C3CC3)cc2)cc(Cl)c1OCC(C)C. The second-order valence-corrected chi connectivity index (χ2v) is 7.90. The van der Waals surface area contributed by atoms with Crippen LogP contribution < -0.4 is 20.1 Å². The molecule has 0 saturated heterocycles. The Hall–Kier alpha value is -2.73. The summed E-state index contributed by atoms with van der Waals surface area (Å²) in [5.41, 5.74) is 1.67. The van der Waals surface area contributed by atoms with Crippen LogP contribution in [0, 0.1) is 11.8 Å². The van der Waals surface area contributed by atoms with E-state index >= 15 is 0 Å². The van der Waals surface area contributed by atoms with E-state index in [9.17, 15) is 9.59 Å². The van der Waals surface area contributed by atoms with E-state index < -0.39 is 0 Å². The molecular weight excluding hydrogens is 392 g/mol. The molecule has 2 aromatic carbocycles. The van der Waals surface area contributed by atoms with Crippen molar-refractivity contribution < 1.29 is 19.1 Å². The highest BCUT2D eigenvalue weighted by molar-refractivity contribution is 6.32. The van der Waals surface area contributed by atoms with Crippen LogP contribution in [0.25, 0.3) is 0 Å². The first-order valence-electron chi connectivity index (χ1n) is 9.60. The van der Waals surface area contributed by atoms with E-state index in [0.29, 0.717) is 46.0 Å². The van der Waals surface area contributed by atoms with Gasteiger partial charge in [0, 0.05) is 22.9 Å². The molecule has 0 atom stereocenters. The summed E-state index contributed by atoms with van der Waals surface area (Å²) in [4.78, 5) is 24.4. The number of carbonyl (C=O) groups is 2. The van der Waals surface area contributed by atoms with Crippen LogP contribution in [0.4, 0.5) is 11.4 Å². The Balaban J connectivity index is 1.68. The summed E-state index contributed by atoms with van der Waals surface area (Å²) in [5.74, 6) is 1.02. The average molecular weight is 417 g/mol. The molecule has 0 bridgehead atoms. The monoisotopic (exact) mass is 416 g/mol. The van der Waals surface area contributed by atoms with Crippen LogP contribution in [0.1, 0.15) is 37.0 Å². The molecule has 2 N–H and O–H groups in total. The van der Waals surface area contributed by atoms with E-state index in [1.54, 1.807) is 36.4 Å². The summed E-state index contributed by atoms with van der Waals surface area (Å²) in [5, 5.41) is 5.99. The summed E-state index contributed by atoms with van der Waals surface area (Å²) in [6, 6.07) is 10.1. The molecule has 154 valence electrons. The number of ether oxygens (including phenoxy) is 2. The lowest BCUT2D eigenvalue weighted by atomic mass is 10.1. The molecule has 2 amide bonds. The first-order valence-corrected chi connectivity index (χ1v) is 9.97. The van der Waals surface area contributed by atoms with Crippen molar-refractivity contribution in [3.8, 4) is 11.5 Å². The van der Waals surface area contributed by atoms with Crippen molar-refractivity contribution in [1.82, 2.24) is 0 Å². The number of halogens is 1. The summed E-state index contributed by atoms with van der Waals surface area (Å²) >= 11 is 6.32. The molecule has 2 aromatic rings. The molecule has 1 aliphatic carbocycles. The zero-order valence-electron chi connectivity index (χ0n) is 16.8. The van der Waals surface area contributed by atoms with E-state index in [-0.39, 0.29) is 17.7 Å². The van der Waals surface area contributed by atoms with E-state index in [0.717, 1.165) is 12.8 Å². The standard InChI is InChI=1S/C22H25ClN2O4/c1-13(2)12-29-20-18(23)10-15(11-19(20)28-3)22(27)25-17-8-6-16(7-9-17)24-21(26)14-4-5-14/h6-11,13-14H,4-5,12H2,1-3H3,(H,24,26)(H,25,27). The molecule has 1 saturated carbocycles. The van der Waals surface area contributed by atoms with Crippen molar-refractivity contribution in [3.05, 3.63) is 47.0 Å². The highest BCUT2D eigenvalue weighted by Crippen LogP contribution is 2.37. The van der Waals surface area contributed by atoms with Crippen LogP contribution in [0.2, 0.25) is 5.02 Å². The van der Waals surface area contributed by atoms with Gasteiger partial charge in [-0.1, -0.05) is 25.4 Å². The maximum absolute atomic E-state index is 12.6. The van der Waals surface area contributed by atoms with Gasteiger partial charge in [0.15, 0.2) is 11.5 Å². The number of hydrogen-bond acceptors (Lipinski definition) is 4. The molecule has 0 radical (unpaired) electrons. The van der Waals surface area contributed by atoms with Gasteiger partial charge in [-0.15, -0.1) is 0 Å². The minimum Gasteiger partial charge on any atom is -0.493 e. The molecule has 0 aliphatic heterocycles. The highest BCUT2D eigenvalue weighted by Gasteiger charge is 2.29. The average Bonchev–Trinajstić information content (AvgIpc) is 3.53. The van der Waals surface area contributed by atoms with Gasteiger partial charge >= 0.3 is 0 Å². The van der Waals surface area contributed by atoms with E-state index in [2.05, 4.69) is 10.6 Å². The van der Waals surface area contributed by atoms with Crippen molar-refractivity contribution in [2.24, 2.45) is 11.8 Å². The van der Waals surface area contributed by atoms with Crippen LogP contribution in [0.5, 0.6) is 11.5 Å². The Kier molecular flexibility index (Phi) is 6.64. The van der Waals surface area contributed by atoms with Gasteiger partial charge in [0.05, 0.1) is 18.7 Å². The number of anilines is 2. The second-order valence-electron chi connectivity index (χ2n) is 7.49. The molecular formula is C22H25ClN2O4. The van der Waals surface area contributed by atoms with E-state index in [1.807, 2.05) is 13.8 Å². The number of hydrogen-bond donors (Lipinski definition) is 2. The normalized spacial score (nSPS) is 13.1. The van der Waals surface area contributed by atoms with Crippen molar-refractivity contribution in [1.29, 1.82) is 0 Å². The third kappa shape index (κ3) is 5.64. The van der Waals surface area contributed by atoms with E-state index in [1.165, 1.54) is 7.11 Å². The Bertz CT molecular complexity index is 892. The number of methoxy groups -OCH3 is 1. The maximum atomic E-state index is 12.6. The fourth-order valence-corrected chi connectivity index (χ4v) is 2.94. The Morgan fingerprint density at radius 1 is 1.10 bits per heavy atom. The first kappa shape index (κ1) is 21.0. The zero-order chi connectivity index (χ0) is 21.0. The molecule has 0 unspecified atom stereocenters. The van der Waals surface area contributed by atoms with Crippen molar-refractivity contribution >= 4 is 34.8 Å². The van der Waals surface area contributed by atoms with Gasteiger partial charge in [0.2, 0.25) is 5.91 Å². The lowest BCUT2D eigenvalue weighted by Gasteiger charge is -2.15. The van der Waals surface area contributed by atoms with Crippen LogP contribution in [-0.2, 0) is 4.79 Å². The summed E-state index contributed by atoms with van der Waals surface area (Å²) < 4.78 is 11.1. The molecule has 7 heteroatoms. The maximum Gasteiger partial charge on any atom is 0.255 e. The van der Waals surface area contributed by atoms with Crippen molar-refractivity contribution in [3.63, 3.8) is 0 Å². The Morgan fingerprint density at radius 2 is 1.72 bits per heavy atom. The van der Waals surface area contributed by atoms with Gasteiger partial charge in [-0.25, -0.2) is 0 Å². The fourth-order valence-electron chi connectivity index (χ4n) is 2.67. The van der Waals surface area contributed by atoms with Gasteiger partial charge < -0.3 is 20.1 Å². The number of amides is 2. The third-order valence-corrected chi connectivity index (χ3v) is 4.69. The first-order chi connectivity index (χ1) is 13.9. The van der Waals surface area contributed by atoms with E-state index in [4.69, 9.17) is 21.1 Å². The summed E-state index contributed by atoms with van der Waals surface area (Å²) in [6.45, 7) is 4.56. The highest BCUT2D eigenvalue weighted by atomic mass is 35.5. The Morgan fingerprint density at radius 3 is 2.28 bits per heavy atom. The number of rotatable bonds is 8. The lowest BCUT2D eigenvalue weighted by molar-refractivity contribution is -0.117. The van der Waals surface area contributed by atoms with Crippen LogP contribution in [0.15, 0.2) is 36.4 Å². The molecule has 0 heterocycles. The summed E-state index contributed by atoms with van der Waals surface area (Å²) in [6.07, 6.45) is 1.90. The largest absolute Gasteiger partial charge is 0.493 e. The molecule has 1 fully saturated rings. The van der Waals surface area contributed by atoms with Crippen LogP contribution >= 0.6 is 11.6 Å². The molecule has 0 spiro atoms. The lowest BCUT2D eigenvalue weighted by Crippen LogP contribution is -2.14. The predicted molar refractivity (Wildman–Crippen MR) is 114 cm³/mol. The van der Waals surface area contributed by atoms with Gasteiger partial charge in [-0.3, -0.25) is 9.59 Å².